The van der Waals surface area contributed by atoms with E-state index in [9.17, 15) is 0 Å². The summed E-state index contributed by atoms with van der Waals surface area (Å²) in [6, 6.07) is 8.03. The van der Waals surface area contributed by atoms with Crippen LogP contribution in [0.25, 0.3) is 10.9 Å². The third-order valence-electron chi connectivity index (χ3n) is 4.16. The van der Waals surface area contributed by atoms with E-state index in [4.69, 9.17) is 28.6 Å². The summed E-state index contributed by atoms with van der Waals surface area (Å²) in [4.78, 5) is 4.45. The smallest absolute Gasteiger partial charge is 0.216 e. The van der Waals surface area contributed by atoms with Crippen LogP contribution >= 0.6 is 23.8 Å². The fourth-order valence-corrected chi connectivity index (χ4v) is 3.27. The number of hydrogen-bond donors (Lipinski definition) is 1. The number of ether oxygens (including phenoxy) is 1. The molecule has 0 spiro atoms. The summed E-state index contributed by atoms with van der Waals surface area (Å²) < 4.78 is 7.68. The molecular weight excluding hydrogens is 358 g/mol. The number of aromatic nitrogens is 4. The van der Waals surface area contributed by atoms with Gasteiger partial charge in [0.05, 0.1) is 11.7 Å². The maximum atomic E-state index is 6.32. The van der Waals surface area contributed by atoms with E-state index in [1.165, 1.54) is 0 Å². The molecule has 8 heteroatoms. The molecule has 25 heavy (non-hydrogen) atoms. The zero-order valence-corrected chi connectivity index (χ0v) is 15.1. The molecule has 4 rings (SSSR count). The van der Waals surface area contributed by atoms with Crippen molar-refractivity contribution in [3.05, 3.63) is 51.1 Å². The molecule has 1 N–H and O–H groups in total. The lowest BCUT2D eigenvalue weighted by atomic mass is 10.1. The van der Waals surface area contributed by atoms with Crippen LogP contribution in [0.5, 0.6) is 0 Å². The number of hydrogen-bond acceptors (Lipinski definition) is 5. The number of aryl methyl sites for hydroxylation is 1. The molecule has 0 radical (unpaired) electrons. The van der Waals surface area contributed by atoms with Crippen molar-refractivity contribution in [3.63, 3.8) is 0 Å². The Hall–Kier alpha value is -2.09. The van der Waals surface area contributed by atoms with E-state index < -0.39 is 0 Å². The highest BCUT2D eigenvalue weighted by molar-refractivity contribution is 7.71. The molecule has 1 fully saturated rings. The molecule has 1 atom stereocenters. The summed E-state index contributed by atoms with van der Waals surface area (Å²) in [6.45, 7) is 2.76. The van der Waals surface area contributed by atoms with Gasteiger partial charge in [-0.15, -0.1) is 0 Å². The molecule has 1 aliphatic rings. The first-order valence-corrected chi connectivity index (χ1v) is 8.80. The van der Waals surface area contributed by atoms with E-state index in [-0.39, 0.29) is 6.10 Å². The van der Waals surface area contributed by atoms with E-state index in [0.29, 0.717) is 15.7 Å². The van der Waals surface area contributed by atoms with Crippen molar-refractivity contribution in [2.24, 2.45) is 5.10 Å². The maximum absolute atomic E-state index is 6.32. The second kappa shape index (κ2) is 6.67. The highest BCUT2D eigenvalue weighted by Gasteiger charge is 2.23. The van der Waals surface area contributed by atoms with Crippen molar-refractivity contribution in [1.29, 1.82) is 0 Å². The number of pyridine rings is 1. The Morgan fingerprint density at radius 2 is 2.32 bits per heavy atom. The third-order valence-corrected chi connectivity index (χ3v) is 4.73. The second-order valence-corrected chi connectivity index (χ2v) is 6.75. The van der Waals surface area contributed by atoms with E-state index >= 15 is 0 Å². The van der Waals surface area contributed by atoms with Gasteiger partial charge in [-0.25, -0.2) is 4.98 Å². The lowest BCUT2D eigenvalue weighted by Crippen LogP contribution is -2.05. The normalized spacial score (nSPS) is 17.8. The van der Waals surface area contributed by atoms with Crippen LogP contribution in [-0.4, -0.2) is 32.7 Å². The Labute approximate surface area is 154 Å². The van der Waals surface area contributed by atoms with Gasteiger partial charge < -0.3 is 4.74 Å². The average molecular weight is 374 g/mol. The minimum atomic E-state index is -0.0849. The monoisotopic (exact) mass is 373 g/mol. The molecule has 0 saturated carbocycles. The van der Waals surface area contributed by atoms with Gasteiger partial charge in [0.15, 0.2) is 5.82 Å². The number of aromatic amines is 1. The number of nitrogens with one attached hydrogen (secondary N) is 1. The van der Waals surface area contributed by atoms with Crippen LogP contribution < -0.4 is 0 Å². The second-order valence-electron chi connectivity index (χ2n) is 6.01. The largest absolute Gasteiger partial charge is 0.370 e. The predicted molar refractivity (Wildman–Crippen MR) is 99.8 cm³/mol. The van der Waals surface area contributed by atoms with Crippen molar-refractivity contribution in [1.82, 2.24) is 19.9 Å². The summed E-state index contributed by atoms with van der Waals surface area (Å²) >= 11 is 11.6. The Kier molecular flexibility index (Phi) is 4.37. The van der Waals surface area contributed by atoms with Gasteiger partial charge in [-0.3, -0.25) is 5.10 Å². The summed E-state index contributed by atoms with van der Waals surface area (Å²) in [6.07, 6.45) is 3.48. The van der Waals surface area contributed by atoms with Gasteiger partial charge in [-0.2, -0.15) is 14.9 Å². The maximum Gasteiger partial charge on any atom is 0.216 e. The summed E-state index contributed by atoms with van der Waals surface area (Å²) in [5.41, 5.74) is 2.73. The van der Waals surface area contributed by atoms with Gasteiger partial charge in [0.2, 0.25) is 4.77 Å². The van der Waals surface area contributed by atoms with Gasteiger partial charge >= 0.3 is 0 Å². The minimum absolute atomic E-state index is 0.0849. The highest BCUT2D eigenvalue weighted by Crippen LogP contribution is 2.27. The topological polar surface area (TPSA) is 68.1 Å². The molecule has 1 aromatic carbocycles. The van der Waals surface area contributed by atoms with Gasteiger partial charge in [0, 0.05) is 17.6 Å². The highest BCUT2D eigenvalue weighted by atomic mass is 35.5. The van der Waals surface area contributed by atoms with Gasteiger partial charge in [-0.1, -0.05) is 23.7 Å². The van der Waals surface area contributed by atoms with Gasteiger partial charge in [0.1, 0.15) is 11.3 Å². The number of halogens is 1. The van der Waals surface area contributed by atoms with E-state index in [0.717, 1.165) is 41.5 Å². The molecule has 3 aromatic rings. The Morgan fingerprint density at radius 3 is 3.12 bits per heavy atom. The quantitative estimate of drug-likeness (QED) is 0.424. The van der Waals surface area contributed by atoms with Crippen molar-refractivity contribution in [2.45, 2.75) is 25.9 Å². The van der Waals surface area contributed by atoms with Crippen LogP contribution in [-0.2, 0) is 4.74 Å². The van der Waals surface area contributed by atoms with Crippen LogP contribution in [0.3, 0.4) is 0 Å². The molecule has 0 aliphatic carbocycles. The number of rotatable bonds is 3. The zero-order valence-electron chi connectivity index (χ0n) is 13.6. The van der Waals surface area contributed by atoms with E-state index in [2.05, 4.69) is 20.3 Å². The summed E-state index contributed by atoms with van der Waals surface area (Å²) in [5.74, 6) is 0.680. The molecule has 2 aromatic heterocycles. The third kappa shape index (κ3) is 3.22. The molecule has 128 valence electrons. The Balaban J connectivity index is 1.72. The van der Waals surface area contributed by atoms with E-state index in [1.807, 2.05) is 31.2 Å². The van der Waals surface area contributed by atoms with Crippen LogP contribution in [0.1, 0.15) is 35.9 Å². The fourth-order valence-electron chi connectivity index (χ4n) is 2.89. The molecule has 0 bridgehead atoms. The molecule has 0 amide bonds. The lowest BCUT2D eigenvalue weighted by molar-refractivity contribution is 0.102. The number of fused-ring (bicyclic) bond motifs is 1. The van der Waals surface area contributed by atoms with Crippen LogP contribution in [0.2, 0.25) is 5.15 Å². The van der Waals surface area contributed by atoms with Crippen LogP contribution in [0.4, 0.5) is 0 Å². The van der Waals surface area contributed by atoms with Crippen molar-refractivity contribution >= 4 is 40.9 Å². The van der Waals surface area contributed by atoms with Crippen LogP contribution in [0, 0.1) is 11.7 Å². The SMILES string of the molecule is Cc1ccc2cc(/C=N\n3c([C@H]4CCCO4)n[nH]c3=S)c(Cl)nc2c1. The van der Waals surface area contributed by atoms with E-state index in [1.54, 1.807) is 10.9 Å². The molecule has 1 aliphatic heterocycles. The van der Waals surface area contributed by atoms with Crippen LogP contribution in [0.15, 0.2) is 29.4 Å². The average Bonchev–Trinajstić information content (AvgIpc) is 3.23. The standard InChI is InChI=1S/C17H16ClN5OS/c1-10-4-5-11-8-12(15(18)20-13(11)7-10)9-19-23-16(21-22-17(23)25)14-3-2-6-24-14/h4-5,7-9,14H,2-3,6H2,1H3,(H,22,25)/b19-9-/t14-/m1/s1. The lowest BCUT2D eigenvalue weighted by Gasteiger charge is -2.07. The summed E-state index contributed by atoms with van der Waals surface area (Å²) in [7, 11) is 0. The Morgan fingerprint density at radius 1 is 1.44 bits per heavy atom. The molecule has 6 nitrogen and oxygen atoms in total. The summed E-state index contributed by atoms with van der Waals surface area (Å²) in [5, 5.41) is 12.9. The van der Waals surface area contributed by atoms with Crippen molar-refractivity contribution < 1.29 is 4.74 Å². The van der Waals surface area contributed by atoms with Crippen molar-refractivity contribution in [3.8, 4) is 0 Å². The number of benzene rings is 1. The van der Waals surface area contributed by atoms with Gasteiger partial charge in [0.25, 0.3) is 0 Å². The number of H-pyrrole nitrogens is 1. The molecular formula is C17H16ClN5OS. The molecule has 3 heterocycles. The zero-order chi connectivity index (χ0) is 17.4. The first kappa shape index (κ1) is 16.4. The number of nitrogens with zero attached hydrogens (tertiary/aromatic N) is 4. The fraction of sp³-hybridized carbons (Fsp3) is 0.294. The molecule has 1 saturated heterocycles. The first-order chi connectivity index (χ1) is 12.1. The molecule has 0 unspecified atom stereocenters. The van der Waals surface area contributed by atoms with Crippen molar-refractivity contribution in [2.75, 3.05) is 6.61 Å². The first-order valence-electron chi connectivity index (χ1n) is 8.02. The Bertz CT molecular complexity index is 1020. The van der Waals surface area contributed by atoms with Gasteiger partial charge in [-0.05, 0) is 49.7 Å². The predicted octanol–water partition coefficient (Wildman–Crippen LogP) is 4.18. The minimum Gasteiger partial charge on any atom is -0.370 e.